The summed E-state index contributed by atoms with van der Waals surface area (Å²) < 4.78 is 1.96. The molecule has 1 saturated heterocycles. The van der Waals surface area contributed by atoms with Gasteiger partial charge in [0.15, 0.2) is 5.13 Å². The van der Waals surface area contributed by atoms with Crippen LogP contribution in [0.1, 0.15) is 9.67 Å². The third kappa shape index (κ3) is 2.99. The van der Waals surface area contributed by atoms with Gasteiger partial charge in [-0.3, -0.25) is 4.79 Å². The van der Waals surface area contributed by atoms with E-state index in [1.165, 1.54) is 11.3 Å². The standard InChI is InChI=1S/C18H17N3OS2/c22-17(20-10-12-23-13-11-20)16-15(14-6-2-1-3-7-14)19-18(24-16)21-8-4-5-9-21/h1-9H,10-13H2. The Balaban J connectivity index is 1.77. The number of hydrogen-bond acceptors (Lipinski definition) is 4. The number of rotatable bonds is 3. The Morgan fingerprint density at radius 3 is 2.42 bits per heavy atom. The third-order valence-electron chi connectivity index (χ3n) is 3.98. The van der Waals surface area contributed by atoms with Gasteiger partial charge in [0.25, 0.3) is 5.91 Å². The molecule has 0 atom stereocenters. The molecule has 2 aromatic heterocycles. The molecule has 0 unspecified atom stereocenters. The topological polar surface area (TPSA) is 38.1 Å². The monoisotopic (exact) mass is 355 g/mol. The van der Waals surface area contributed by atoms with Gasteiger partial charge in [0.05, 0.1) is 5.69 Å². The normalized spacial score (nSPS) is 14.8. The molecule has 1 aliphatic heterocycles. The highest BCUT2D eigenvalue weighted by molar-refractivity contribution is 7.99. The van der Waals surface area contributed by atoms with E-state index in [1.54, 1.807) is 0 Å². The molecule has 0 radical (unpaired) electrons. The Morgan fingerprint density at radius 2 is 1.71 bits per heavy atom. The predicted octanol–water partition coefficient (Wildman–Crippen LogP) is 3.79. The van der Waals surface area contributed by atoms with Crippen LogP contribution >= 0.6 is 23.1 Å². The molecule has 1 aromatic carbocycles. The van der Waals surface area contributed by atoms with Crippen molar-refractivity contribution in [1.29, 1.82) is 0 Å². The molecule has 4 nitrogen and oxygen atoms in total. The lowest BCUT2D eigenvalue weighted by atomic mass is 10.1. The Kier molecular flexibility index (Phi) is 4.40. The minimum absolute atomic E-state index is 0.102. The van der Waals surface area contributed by atoms with E-state index in [-0.39, 0.29) is 5.91 Å². The zero-order valence-corrected chi connectivity index (χ0v) is 14.7. The summed E-state index contributed by atoms with van der Waals surface area (Å²) in [5.41, 5.74) is 1.77. The van der Waals surface area contributed by atoms with E-state index in [9.17, 15) is 4.79 Å². The fourth-order valence-corrected chi connectivity index (χ4v) is 4.65. The van der Waals surface area contributed by atoms with Crippen LogP contribution in [0.15, 0.2) is 54.9 Å². The second-order valence-corrected chi connectivity index (χ2v) is 7.74. The number of hydrogen-bond donors (Lipinski definition) is 0. The Bertz CT molecular complexity index is 821. The fraction of sp³-hybridized carbons (Fsp3) is 0.222. The highest BCUT2D eigenvalue weighted by atomic mass is 32.2. The van der Waals surface area contributed by atoms with Crippen molar-refractivity contribution in [1.82, 2.24) is 14.5 Å². The van der Waals surface area contributed by atoms with E-state index in [0.29, 0.717) is 0 Å². The molecule has 3 heterocycles. The summed E-state index contributed by atoms with van der Waals surface area (Å²) in [4.78, 5) is 20.5. The molecule has 6 heteroatoms. The lowest BCUT2D eigenvalue weighted by Gasteiger charge is -2.26. The van der Waals surface area contributed by atoms with Gasteiger partial charge in [-0.05, 0) is 12.1 Å². The van der Waals surface area contributed by atoms with Gasteiger partial charge in [-0.25, -0.2) is 4.98 Å². The number of amides is 1. The second kappa shape index (κ2) is 6.83. The SMILES string of the molecule is O=C(c1sc(-n2cccc2)nc1-c1ccccc1)N1CCSCC1. The first kappa shape index (κ1) is 15.5. The van der Waals surface area contributed by atoms with Crippen molar-refractivity contribution in [2.24, 2.45) is 0 Å². The van der Waals surface area contributed by atoms with Gasteiger partial charge in [-0.15, -0.1) is 0 Å². The van der Waals surface area contributed by atoms with Gasteiger partial charge in [0.2, 0.25) is 0 Å². The summed E-state index contributed by atoms with van der Waals surface area (Å²) in [6.07, 6.45) is 3.92. The molecular weight excluding hydrogens is 338 g/mol. The molecule has 24 heavy (non-hydrogen) atoms. The summed E-state index contributed by atoms with van der Waals surface area (Å²) in [6.45, 7) is 1.63. The maximum absolute atomic E-state index is 13.1. The molecule has 0 spiro atoms. The third-order valence-corrected chi connectivity index (χ3v) is 5.98. The molecule has 0 aliphatic carbocycles. The molecule has 1 amide bonds. The van der Waals surface area contributed by atoms with Gasteiger partial charge in [-0.2, -0.15) is 11.8 Å². The van der Waals surface area contributed by atoms with Crippen LogP contribution in [0, 0.1) is 0 Å². The number of aromatic nitrogens is 2. The summed E-state index contributed by atoms with van der Waals surface area (Å²) in [5.74, 6) is 2.12. The molecule has 1 aliphatic rings. The van der Waals surface area contributed by atoms with Crippen LogP contribution in [0.5, 0.6) is 0 Å². The van der Waals surface area contributed by atoms with Gasteiger partial charge < -0.3 is 9.47 Å². The quantitative estimate of drug-likeness (QED) is 0.717. The zero-order valence-electron chi connectivity index (χ0n) is 13.1. The van der Waals surface area contributed by atoms with Gasteiger partial charge in [-0.1, -0.05) is 41.7 Å². The highest BCUT2D eigenvalue weighted by Gasteiger charge is 2.25. The maximum atomic E-state index is 13.1. The predicted molar refractivity (Wildman–Crippen MR) is 100 cm³/mol. The van der Waals surface area contributed by atoms with E-state index < -0.39 is 0 Å². The van der Waals surface area contributed by atoms with Crippen LogP contribution in [-0.2, 0) is 0 Å². The maximum Gasteiger partial charge on any atom is 0.266 e. The number of thioether (sulfide) groups is 1. The minimum atomic E-state index is 0.102. The number of benzene rings is 1. The molecule has 1 fully saturated rings. The van der Waals surface area contributed by atoms with Crippen molar-refractivity contribution in [2.45, 2.75) is 0 Å². The van der Waals surface area contributed by atoms with E-state index in [4.69, 9.17) is 4.98 Å². The van der Waals surface area contributed by atoms with E-state index in [1.807, 2.05) is 76.1 Å². The molecule has 0 N–H and O–H groups in total. The molecule has 3 aromatic rings. The first-order chi connectivity index (χ1) is 11.8. The average molecular weight is 355 g/mol. The van der Waals surface area contributed by atoms with Crippen molar-refractivity contribution in [3.63, 3.8) is 0 Å². The molecule has 122 valence electrons. The van der Waals surface area contributed by atoms with Crippen LogP contribution in [0.25, 0.3) is 16.4 Å². The smallest absolute Gasteiger partial charge is 0.266 e. The Labute approximate surface area is 149 Å². The number of thiazole rings is 1. The fourth-order valence-electron chi connectivity index (χ4n) is 2.73. The van der Waals surface area contributed by atoms with Gasteiger partial charge in [0.1, 0.15) is 4.88 Å². The summed E-state index contributed by atoms with van der Waals surface area (Å²) in [7, 11) is 0. The van der Waals surface area contributed by atoms with Gasteiger partial charge >= 0.3 is 0 Å². The van der Waals surface area contributed by atoms with E-state index in [2.05, 4.69) is 0 Å². The van der Waals surface area contributed by atoms with Crippen molar-refractivity contribution in [3.05, 3.63) is 59.7 Å². The Morgan fingerprint density at radius 1 is 1.00 bits per heavy atom. The van der Waals surface area contributed by atoms with Crippen LogP contribution < -0.4 is 0 Å². The van der Waals surface area contributed by atoms with Gasteiger partial charge in [0, 0.05) is 42.6 Å². The lowest BCUT2D eigenvalue weighted by Crippen LogP contribution is -2.37. The zero-order chi connectivity index (χ0) is 16.4. The van der Waals surface area contributed by atoms with Crippen molar-refractivity contribution >= 4 is 29.0 Å². The van der Waals surface area contributed by atoms with Crippen molar-refractivity contribution < 1.29 is 4.79 Å². The summed E-state index contributed by atoms with van der Waals surface area (Å²) in [5, 5.41) is 0.827. The first-order valence-electron chi connectivity index (χ1n) is 7.89. The van der Waals surface area contributed by atoms with Crippen LogP contribution in [0.3, 0.4) is 0 Å². The van der Waals surface area contributed by atoms with E-state index in [0.717, 1.165) is 45.9 Å². The summed E-state index contributed by atoms with van der Waals surface area (Å²) in [6, 6.07) is 13.9. The van der Waals surface area contributed by atoms with Crippen molar-refractivity contribution in [2.75, 3.05) is 24.6 Å². The molecular formula is C18H17N3OS2. The highest BCUT2D eigenvalue weighted by Crippen LogP contribution is 2.32. The lowest BCUT2D eigenvalue weighted by molar-refractivity contribution is 0.0777. The number of carbonyl (C=O) groups excluding carboxylic acids is 1. The molecule has 0 bridgehead atoms. The number of nitrogens with zero attached hydrogens (tertiary/aromatic N) is 3. The molecule has 4 rings (SSSR count). The van der Waals surface area contributed by atoms with Crippen molar-refractivity contribution in [3.8, 4) is 16.4 Å². The average Bonchev–Trinajstić information content (AvgIpc) is 3.32. The first-order valence-corrected chi connectivity index (χ1v) is 9.86. The molecule has 0 saturated carbocycles. The van der Waals surface area contributed by atoms with E-state index >= 15 is 0 Å². The van der Waals surface area contributed by atoms with Crippen LogP contribution in [0.4, 0.5) is 0 Å². The largest absolute Gasteiger partial charge is 0.336 e. The number of carbonyl (C=O) groups is 1. The second-order valence-electron chi connectivity index (χ2n) is 5.54. The summed E-state index contributed by atoms with van der Waals surface area (Å²) >= 11 is 3.37. The Hall–Kier alpha value is -2.05. The minimum Gasteiger partial charge on any atom is -0.336 e. The van der Waals surface area contributed by atoms with Crippen LogP contribution in [0.2, 0.25) is 0 Å². The van der Waals surface area contributed by atoms with Crippen LogP contribution in [-0.4, -0.2) is 45.0 Å².